The number of rotatable bonds is 2. The first kappa shape index (κ1) is 11.8. The van der Waals surface area contributed by atoms with E-state index in [1.165, 1.54) is 4.90 Å². The van der Waals surface area contributed by atoms with Gasteiger partial charge >= 0.3 is 6.18 Å². The van der Waals surface area contributed by atoms with Crippen molar-refractivity contribution in [2.75, 3.05) is 19.6 Å². The van der Waals surface area contributed by atoms with Gasteiger partial charge in [-0.05, 0) is 25.9 Å². The quantitative estimate of drug-likeness (QED) is 0.708. The Morgan fingerprint density at radius 2 is 1.71 bits per heavy atom. The number of thiol groups is 1. The minimum Gasteiger partial charge on any atom is -0.295 e. The van der Waals surface area contributed by atoms with Crippen molar-refractivity contribution in [1.29, 1.82) is 0 Å². The van der Waals surface area contributed by atoms with Crippen LogP contribution in [-0.4, -0.2) is 44.4 Å². The molecule has 0 N–H and O–H groups in total. The Morgan fingerprint density at radius 3 is 2.07 bits per heavy atom. The lowest BCUT2D eigenvalue weighted by molar-refractivity contribution is -0.147. The van der Waals surface area contributed by atoms with E-state index >= 15 is 0 Å². The van der Waals surface area contributed by atoms with Crippen LogP contribution in [0.2, 0.25) is 0 Å². The Labute approximate surface area is 81.8 Å². The molecule has 1 saturated heterocycles. The number of hydrogen-bond donors (Lipinski definition) is 1. The zero-order chi connectivity index (χ0) is 10.8. The van der Waals surface area contributed by atoms with Crippen LogP contribution in [0.25, 0.3) is 0 Å². The lowest BCUT2D eigenvalue weighted by Crippen LogP contribution is -2.41. The van der Waals surface area contributed by atoms with Crippen LogP contribution in [0.5, 0.6) is 0 Å². The predicted octanol–water partition coefficient (Wildman–Crippen LogP) is 0.625. The third-order valence-corrected chi connectivity index (χ3v) is 3.37. The van der Waals surface area contributed by atoms with Crippen molar-refractivity contribution in [2.24, 2.45) is 0 Å². The molecule has 0 aliphatic carbocycles. The van der Waals surface area contributed by atoms with Gasteiger partial charge in [-0.15, -0.1) is 0 Å². The van der Waals surface area contributed by atoms with Crippen molar-refractivity contribution in [1.82, 2.24) is 4.90 Å². The maximum atomic E-state index is 11.9. The molecule has 0 unspecified atom stereocenters. The number of hydrogen-bond acceptors (Lipinski definition) is 3. The van der Waals surface area contributed by atoms with Crippen LogP contribution in [0.15, 0.2) is 0 Å². The third-order valence-electron chi connectivity index (χ3n) is 2.26. The van der Waals surface area contributed by atoms with Gasteiger partial charge in [-0.2, -0.15) is 13.2 Å². The van der Waals surface area contributed by atoms with Gasteiger partial charge in [-0.25, -0.2) is 8.42 Å². The summed E-state index contributed by atoms with van der Waals surface area (Å²) in [5, 5.41) is -0.436. The van der Waals surface area contributed by atoms with Gasteiger partial charge in [0.05, 0.1) is 11.8 Å². The van der Waals surface area contributed by atoms with Crippen molar-refractivity contribution in [3.05, 3.63) is 0 Å². The summed E-state index contributed by atoms with van der Waals surface area (Å²) < 4.78 is 56.9. The maximum Gasteiger partial charge on any atom is 0.401 e. The molecule has 0 aromatic heterocycles. The Morgan fingerprint density at radius 1 is 1.21 bits per heavy atom. The summed E-state index contributed by atoms with van der Waals surface area (Å²) in [6, 6.07) is 0. The molecule has 14 heavy (non-hydrogen) atoms. The molecule has 0 saturated carbocycles. The highest BCUT2D eigenvalue weighted by molar-refractivity contribution is 7.73. The van der Waals surface area contributed by atoms with E-state index in [9.17, 15) is 21.6 Å². The molecule has 1 aliphatic heterocycles. The van der Waals surface area contributed by atoms with Crippen LogP contribution >= 0.6 is 0 Å². The topological polar surface area (TPSA) is 37.4 Å². The van der Waals surface area contributed by atoms with Crippen LogP contribution in [0, 0.1) is 0 Å². The Balaban J connectivity index is 2.36. The van der Waals surface area contributed by atoms with Crippen molar-refractivity contribution in [2.45, 2.75) is 24.3 Å². The predicted molar refractivity (Wildman–Crippen MR) is 45.8 cm³/mol. The van der Waals surface area contributed by atoms with Crippen molar-refractivity contribution in [3.63, 3.8) is 0 Å². The minimum atomic E-state index is -4.19. The number of piperidine rings is 1. The smallest absolute Gasteiger partial charge is 0.295 e. The molecule has 7 heteroatoms. The second-order valence-corrected chi connectivity index (χ2v) is 4.71. The molecule has 1 fully saturated rings. The molecule has 84 valence electrons. The normalized spacial score (nSPS) is 21.7. The monoisotopic (exact) mass is 231 g/mol. The van der Waals surface area contributed by atoms with Gasteiger partial charge in [0, 0.05) is 0 Å². The zero-order valence-corrected chi connectivity index (χ0v) is 8.35. The van der Waals surface area contributed by atoms with E-state index in [4.69, 9.17) is 0 Å². The molecular formula is C7H12F3NO2S. The first-order chi connectivity index (χ1) is 6.38. The van der Waals surface area contributed by atoms with Gasteiger partial charge < -0.3 is 0 Å². The Kier molecular flexibility index (Phi) is 3.77. The maximum absolute atomic E-state index is 11.9. The van der Waals surface area contributed by atoms with E-state index in [0.29, 0.717) is 12.8 Å². The molecule has 0 radical (unpaired) electrons. The Hall–Kier alpha value is -0.300. The summed E-state index contributed by atoms with van der Waals surface area (Å²) in [5.41, 5.74) is 0. The zero-order valence-electron chi connectivity index (χ0n) is 7.46. The SMILES string of the molecule is O=[SH](=O)C1CCN(CC(F)(F)F)CC1. The van der Waals surface area contributed by atoms with Gasteiger partial charge in [0.2, 0.25) is 0 Å². The van der Waals surface area contributed by atoms with Crippen molar-refractivity contribution >= 4 is 10.7 Å². The van der Waals surface area contributed by atoms with E-state index in [1.807, 2.05) is 0 Å². The molecule has 0 amide bonds. The number of halogens is 3. The largest absolute Gasteiger partial charge is 0.401 e. The van der Waals surface area contributed by atoms with Crippen LogP contribution in [0.3, 0.4) is 0 Å². The number of alkyl halides is 3. The van der Waals surface area contributed by atoms with E-state index in [-0.39, 0.29) is 13.1 Å². The molecule has 0 bridgehead atoms. The molecule has 0 spiro atoms. The lowest BCUT2D eigenvalue weighted by Gasteiger charge is -2.29. The summed E-state index contributed by atoms with van der Waals surface area (Å²) in [6.07, 6.45) is -3.56. The standard InChI is InChI=1S/C7H12F3NO2S/c8-7(9,10)5-11-3-1-6(2-4-11)14(12)13/h6,14H,1-5H2. The first-order valence-corrected chi connectivity index (χ1v) is 5.56. The highest BCUT2D eigenvalue weighted by Gasteiger charge is 2.32. The molecule has 1 rings (SSSR count). The van der Waals surface area contributed by atoms with E-state index in [0.717, 1.165) is 0 Å². The van der Waals surface area contributed by atoms with Crippen LogP contribution in [0.1, 0.15) is 12.8 Å². The van der Waals surface area contributed by atoms with Crippen molar-refractivity contribution in [3.8, 4) is 0 Å². The van der Waals surface area contributed by atoms with Gasteiger partial charge in [0.15, 0.2) is 0 Å². The van der Waals surface area contributed by atoms with Gasteiger partial charge in [0.1, 0.15) is 10.7 Å². The second kappa shape index (κ2) is 4.48. The second-order valence-electron chi connectivity index (χ2n) is 3.41. The molecule has 1 heterocycles. The van der Waals surface area contributed by atoms with Crippen LogP contribution in [0.4, 0.5) is 13.2 Å². The van der Waals surface area contributed by atoms with E-state index in [2.05, 4.69) is 0 Å². The van der Waals surface area contributed by atoms with Crippen molar-refractivity contribution < 1.29 is 21.6 Å². The summed E-state index contributed by atoms with van der Waals surface area (Å²) >= 11 is 0. The van der Waals surface area contributed by atoms with Crippen LogP contribution in [-0.2, 0) is 10.7 Å². The fourth-order valence-corrected chi connectivity index (χ4v) is 2.19. The summed E-state index contributed by atoms with van der Waals surface area (Å²) in [4.78, 5) is 1.25. The van der Waals surface area contributed by atoms with E-state index in [1.54, 1.807) is 0 Å². The average Bonchev–Trinajstić information content (AvgIpc) is 2.02. The fourth-order valence-electron chi connectivity index (χ4n) is 1.54. The Bertz CT molecular complexity index is 248. The molecular weight excluding hydrogens is 219 g/mol. The number of likely N-dealkylation sites (tertiary alicyclic amines) is 1. The first-order valence-electron chi connectivity index (χ1n) is 4.31. The molecule has 0 atom stereocenters. The number of nitrogens with zero attached hydrogens (tertiary/aromatic N) is 1. The molecule has 3 nitrogen and oxygen atoms in total. The van der Waals surface area contributed by atoms with Gasteiger partial charge in [-0.1, -0.05) is 0 Å². The fraction of sp³-hybridized carbons (Fsp3) is 1.00. The third kappa shape index (κ3) is 3.83. The van der Waals surface area contributed by atoms with E-state index < -0.39 is 28.7 Å². The van der Waals surface area contributed by atoms with Gasteiger partial charge in [0.25, 0.3) is 0 Å². The lowest BCUT2D eigenvalue weighted by atomic mass is 10.1. The average molecular weight is 231 g/mol. The summed E-state index contributed by atoms with van der Waals surface area (Å²) in [5.74, 6) is 0. The summed E-state index contributed by atoms with van der Waals surface area (Å²) in [6.45, 7) is -0.504. The highest BCUT2D eigenvalue weighted by atomic mass is 32.2. The van der Waals surface area contributed by atoms with Crippen LogP contribution < -0.4 is 0 Å². The highest BCUT2D eigenvalue weighted by Crippen LogP contribution is 2.20. The molecule has 1 aliphatic rings. The molecule has 0 aromatic rings. The molecule has 0 aromatic carbocycles. The van der Waals surface area contributed by atoms with Gasteiger partial charge in [-0.3, -0.25) is 4.90 Å². The summed E-state index contributed by atoms with van der Waals surface area (Å²) in [7, 11) is -2.48. The minimum absolute atomic E-state index is 0.216.